The number of carboxylic acids is 1. The summed E-state index contributed by atoms with van der Waals surface area (Å²) in [6.07, 6.45) is 0.269. The van der Waals surface area contributed by atoms with Crippen LogP contribution in [-0.2, 0) is 4.79 Å². The van der Waals surface area contributed by atoms with E-state index in [9.17, 15) is 14.0 Å². The van der Waals surface area contributed by atoms with Gasteiger partial charge in [0.25, 0.3) is 0 Å². The number of anilines is 1. The molecule has 0 bridgehead atoms. The van der Waals surface area contributed by atoms with Crippen molar-refractivity contribution < 1.29 is 19.1 Å². The fourth-order valence-corrected chi connectivity index (χ4v) is 1.40. The third-order valence-corrected chi connectivity index (χ3v) is 2.53. The number of nitrogens with one attached hydrogen (secondary N) is 2. The van der Waals surface area contributed by atoms with Gasteiger partial charge < -0.3 is 15.7 Å². The molecule has 0 fully saturated rings. The fourth-order valence-electron chi connectivity index (χ4n) is 1.40. The Hall–Kier alpha value is -2.11. The molecule has 1 aromatic carbocycles. The van der Waals surface area contributed by atoms with Crippen molar-refractivity contribution in [3.63, 3.8) is 0 Å². The van der Waals surface area contributed by atoms with Crippen LogP contribution in [0.25, 0.3) is 0 Å². The molecule has 1 rings (SSSR count). The van der Waals surface area contributed by atoms with Crippen LogP contribution in [0.4, 0.5) is 14.9 Å². The van der Waals surface area contributed by atoms with E-state index in [2.05, 4.69) is 10.6 Å². The summed E-state index contributed by atoms with van der Waals surface area (Å²) in [5.74, 6) is -1.54. The van der Waals surface area contributed by atoms with E-state index in [1.807, 2.05) is 0 Å². The monoisotopic (exact) mass is 254 g/mol. The van der Waals surface area contributed by atoms with Crippen molar-refractivity contribution in [3.05, 3.63) is 29.6 Å². The highest BCUT2D eigenvalue weighted by Crippen LogP contribution is 2.17. The number of amides is 2. The zero-order valence-corrected chi connectivity index (χ0v) is 10.2. The average molecular weight is 254 g/mol. The molecule has 0 saturated carbocycles. The summed E-state index contributed by atoms with van der Waals surface area (Å²) >= 11 is 0. The number of hydrogen-bond acceptors (Lipinski definition) is 2. The highest BCUT2D eigenvalue weighted by atomic mass is 19.1. The molecule has 0 aliphatic rings. The summed E-state index contributed by atoms with van der Waals surface area (Å²) in [7, 11) is 0. The Bertz CT molecular complexity index is 463. The second-order valence-electron chi connectivity index (χ2n) is 3.81. The lowest BCUT2D eigenvalue weighted by atomic mass is 10.2. The first-order valence-electron chi connectivity index (χ1n) is 5.51. The minimum Gasteiger partial charge on any atom is -0.480 e. The number of aliphatic carboxylic acids is 1. The third-order valence-electron chi connectivity index (χ3n) is 2.53. The molecule has 0 aliphatic carbocycles. The molecule has 18 heavy (non-hydrogen) atoms. The number of carbonyl (C=O) groups excluding carboxylic acids is 1. The normalized spacial score (nSPS) is 11.7. The van der Waals surface area contributed by atoms with Crippen molar-refractivity contribution in [1.82, 2.24) is 5.32 Å². The van der Waals surface area contributed by atoms with Gasteiger partial charge >= 0.3 is 12.0 Å². The molecule has 98 valence electrons. The molecule has 1 aromatic rings. The summed E-state index contributed by atoms with van der Waals surface area (Å²) in [6, 6.07) is 2.66. The minimum absolute atomic E-state index is 0.269. The van der Waals surface area contributed by atoms with Gasteiger partial charge in [-0.05, 0) is 25.5 Å². The molecule has 1 atom stereocenters. The van der Waals surface area contributed by atoms with Crippen molar-refractivity contribution >= 4 is 17.7 Å². The van der Waals surface area contributed by atoms with Crippen LogP contribution in [0.3, 0.4) is 0 Å². The number of halogens is 1. The molecule has 5 nitrogen and oxygen atoms in total. The summed E-state index contributed by atoms with van der Waals surface area (Å²) in [4.78, 5) is 22.3. The maximum atomic E-state index is 13.2. The van der Waals surface area contributed by atoms with E-state index in [1.54, 1.807) is 13.0 Å². The quantitative estimate of drug-likeness (QED) is 0.770. The van der Waals surface area contributed by atoms with E-state index in [4.69, 9.17) is 5.11 Å². The lowest BCUT2D eigenvalue weighted by Crippen LogP contribution is -2.42. The van der Waals surface area contributed by atoms with E-state index in [0.717, 1.165) is 0 Å². The molecule has 0 aliphatic heterocycles. The number of carboxylic acid groups (broad SMARTS) is 1. The van der Waals surface area contributed by atoms with Gasteiger partial charge in [0, 0.05) is 11.3 Å². The van der Waals surface area contributed by atoms with E-state index >= 15 is 0 Å². The van der Waals surface area contributed by atoms with Crippen molar-refractivity contribution in [1.29, 1.82) is 0 Å². The molecule has 0 heterocycles. The first-order chi connectivity index (χ1) is 8.45. The zero-order chi connectivity index (χ0) is 13.7. The van der Waals surface area contributed by atoms with E-state index in [0.29, 0.717) is 11.3 Å². The number of hydrogen-bond donors (Lipinski definition) is 3. The van der Waals surface area contributed by atoms with Crippen molar-refractivity contribution in [3.8, 4) is 0 Å². The highest BCUT2D eigenvalue weighted by Gasteiger charge is 2.17. The molecule has 6 heteroatoms. The number of benzene rings is 1. The van der Waals surface area contributed by atoms with Gasteiger partial charge in [0.05, 0.1) is 0 Å². The molecule has 0 unspecified atom stereocenters. The van der Waals surface area contributed by atoms with Crippen LogP contribution in [0.2, 0.25) is 0 Å². The van der Waals surface area contributed by atoms with Crippen LogP contribution >= 0.6 is 0 Å². The maximum absolute atomic E-state index is 13.2. The topological polar surface area (TPSA) is 78.4 Å². The van der Waals surface area contributed by atoms with Gasteiger partial charge in [0.15, 0.2) is 0 Å². The SMILES string of the molecule is CC[C@@H](NC(=O)Nc1cccc(F)c1C)C(=O)O. The summed E-state index contributed by atoms with van der Waals surface area (Å²) in [5.41, 5.74) is 0.615. The Kier molecular flexibility index (Phi) is 4.65. The van der Waals surface area contributed by atoms with Gasteiger partial charge in [0.1, 0.15) is 11.9 Å². The molecule has 0 radical (unpaired) electrons. The summed E-state index contributed by atoms with van der Waals surface area (Å²) in [5, 5.41) is 13.5. The van der Waals surface area contributed by atoms with Gasteiger partial charge in [0.2, 0.25) is 0 Å². The van der Waals surface area contributed by atoms with E-state index in [1.165, 1.54) is 19.1 Å². The van der Waals surface area contributed by atoms with Gasteiger partial charge in [-0.1, -0.05) is 13.0 Å². The molecular formula is C12H15FN2O3. The first kappa shape index (κ1) is 14.0. The van der Waals surface area contributed by atoms with Crippen LogP contribution in [0.15, 0.2) is 18.2 Å². The Balaban J connectivity index is 2.70. The second-order valence-corrected chi connectivity index (χ2v) is 3.81. The fraction of sp³-hybridized carbons (Fsp3) is 0.333. The lowest BCUT2D eigenvalue weighted by Gasteiger charge is -2.14. The molecule has 0 saturated heterocycles. The van der Waals surface area contributed by atoms with Crippen molar-refractivity contribution in [2.24, 2.45) is 0 Å². The Morgan fingerprint density at radius 2 is 2.11 bits per heavy atom. The zero-order valence-electron chi connectivity index (χ0n) is 10.2. The lowest BCUT2D eigenvalue weighted by molar-refractivity contribution is -0.139. The van der Waals surface area contributed by atoms with Crippen molar-refractivity contribution in [2.45, 2.75) is 26.3 Å². The molecule has 0 spiro atoms. The number of carbonyl (C=O) groups is 2. The van der Waals surface area contributed by atoms with Crippen LogP contribution in [0, 0.1) is 12.7 Å². The molecule has 3 N–H and O–H groups in total. The standard InChI is InChI=1S/C12H15FN2O3/c1-3-9(11(16)17)14-12(18)15-10-6-4-5-8(13)7(10)2/h4-6,9H,3H2,1-2H3,(H,16,17)(H2,14,15,18)/t9-/m1/s1. The number of rotatable bonds is 4. The van der Waals surface area contributed by atoms with Gasteiger partial charge in [-0.25, -0.2) is 14.0 Å². The Labute approximate surface area is 104 Å². The Morgan fingerprint density at radius 1 is 1.44 bits per heavy atom. The van der Waals surface area contributed by atoms with Crippen molar-refractivity contribution in [2.75, 3.05) is 5.32 Å². The van der Waals surface area contributed by atoms with Crippen LogP contribution < -0.4 is 10.6 Å². The minimum atomic E-state index is -1.11. The van der Waals surface area contributed by atoms with E-state index in [-0.39, 0.29) is 6.42 Å². The van der Waals surface area contributed by atoms with Crippen LogP contribution in [-0.4, -0.2) is 23.1 Å². The van der Waals surface area contributed by atoms with Gasteiger partial charge in [-0.3, -0.25) is 0 Å². The van der Waals surface area contributed by atoms with E-state index < -0.39 is 23.9 Å². The Morgan fingerprint density at radius 3 is 2.67 bits per heavy atom. The molecular weight excluding hydrogens is 239 g/mol. The second kappa shape index (κ2) is 6.00. The first-order valence-corrected chi connectivity index (χ1v) is 5.51. The molecule has 0 aromatic heterocycles. The summed E-state index contributed by atoms with van der Waals surface area (Å²) < 4.78 is 13.2. The predicted molar refractivity (Wildman–Crippen MR) is 65.0 cm³/mol. The van der Waals surface area contributed by atoms with Crippen LogP contribution in [0.1, 0.15) is 18.9 Å². The number of urea groups is 1. The predicted octanol–water partition coefficient (Wildman–Crippen LogP) is 2.12. The summed E-state index contributed by atoms with van der Waals surface area (Å²) in [6.45, 7) is 3.17. The maximum Gasteiger partial charge on any atom is 0.326 e. The average Bonchev–Trinajstić information content (AvgIpc) is 2.31. The third kappa shape index (κ3) is 3.44. The van der Waals surface area contributed by atoms with Gasteiger partial charge in [-0.15, -0.1) is 0 Å². The van der Waals surface area contributed by atoms with Crippen LogP contribution in [0.5, 0.6) is 0 Å². The highest BCUT2D eigenvalue weighted by molar-refractivity contribution is 5.92. The molecule has 2 amide bonds. The van der Waals surface area contributed by atoms with Gasteiger partial charge in [-0.2, -0.15) is 0 Å². The largest absolute Gasteiger partial charge is 0.480 e. The smallest absolute Gasteiger partial charge is 0.326 e.